The number of piperazine rings is 1. The lowest BCUT2D eigenvalue weighted by Crippen LogP contribution is -2.45. The minimum atomic E-state index is -0.452. The number of benzene rings is 1. The van der Waals surface area contributed by atoms with Gasteiger partial charge >= 0.3 is 0 Å². The SMILES string of the molecule is Cc1cc(C)c2c(N)c(C(=O)N[C@H]3COc4c(C#N)c(N5CCNCC5)cc(F)c4C3)sc2n1. The molecular weight excluding hydrogens is 455 g/mol. The van der Waals surface area contributed by atoms with Crippen LogP contribution in [0.3, 0.4) is 0 Å². The number of nitrogens with one attached hydrogen (secondary N) is 2. The Kier molecular flexibility index (Phi) is 5.75. The second-order valence-electron chi connectivity index (χ2n) is 8.70. The number of nitrogen functional groups attached to an aromatic ring is 1. The number of ether oxygens (including phenoxy) is 1. The Morgan fingerprint density at radius 1 is 1.38 bits per heavy atom. The summed E-state index contributed by atoms with van der Waals surface area (Å²) in [6.45, 7) is 6.90. The van der Waals surface area contributed by atoms with Gasteiger partial charge in [0.2, 0.25) is 0 Å². The van der Waals surface area contributed by atoms with Crippen molar-refractivity contribution in [2.24, 2.45) is 0 Å². The van der Waals surface area contributed by atoms with Crippen molar-refractivity contribution in [3.8, 4) is 11.8 Å². The molecule has 1 saturated heterocycles. The molecule has 0 aliphatic carbocycles. The monoisotopic (exact) mass is 480 g/mol. The predicted octanol–water partition coefficient (Wildman–Crippen LogP) is 2.65. The van der Waals surface area contributed by atoms with E-state index in [1.165, 1.54) is 17.4 Å². The summed E-state index contributed by atoms with van der Waals surface area (Å²) in [6.07, 6.45) is 0.227. The number of aromatic nitrogens is 1. The number of thiophene rings is 1. The zero-order valence-corrected chi connectivity index (χ0v) is 19.8. The van der Waals surface area contributed by atoms with Gasteiger partial charge in [0.1, 0.15) is 39.5 Å². The number of carbonyl (C=O) groups is 1. The fraction of sp³-hybridized carbons (Fsp3) is 0.375. The van der Waals surface area contributed by atoms with E-state index in [0.717, 1.165) is 34.6 Å². The largest absolute Gasteiger partial charge is 0.490 e. The van der Waals surface area contributed by atoms with E-state index in [2.05, 4.69) is 21.7 Å². The molecule has 0 unspecified atom stereocenters. The summed E-state index contributed by atoms with van der Waals surface area (Å²) >= 11 is 1.24. The molecule has 4 heterocycles. The molecule has 5 rings (SSSR count). The number of halogens is 1. The van der Waals surface area contributed by atoms with Crippen LogP contribution in [0, 0.1) is 31.0 Å². The van der Waals surface area contributed by atoms with Crippen molar-refractivity contribution >= 4 is 38.8 Å². The van der Waals surface area contributed by atoms with Crippen LogP contribution in [-0.4, -0.2) is 49.7 Å². The van der Waals surface area contributed by atoms with Crippen LogP contribution in [0.1, 0.15) is 32.1 Å². The number of aryl methyl sites for hydroxylation is 2. The van der Waals surface area contributed by atoms with Gasteiger partial charge in [0, 0.05) is 49.2 Å². The Balaban J connectivity index is 1.40. The maximum Gasteiger partial charge on any atom is 0.263 e. The number of amides is 1. The first-order valence-corrected chi connectivity index (χ1v) is 12.0. The number of hydrogen-bond donors (Lipinski definition) is 3. The first kappa shape index (κ1) is 22.4. The van der Waals surface area contributed by atoms with Crippen molar-refractivity contribution in [1.82, 2.24) is 15.6 Å². The molecule has 4 N–H and O–H groups in total. The molecule has 0 spiro atoms. The molecule has 2 aliphatic rings. The molecule has 1 aromatic carbocycles. The highest BCUT2D eigenvalue weighted by Crippen LogP contribution is 2.38. The van der Waals surface area contributed by atoms with E-state index in [9.17, 15) is 10.1 Å². The molecule has 2 aliphatic heterocycles. The van der Waals surface area contributed by atoms with Crippen LogP contribution < -0.4 is 26.0 Å². The van der Waals surface area contributed by atoms with Crippen molar-refractivity contribution < 1.29 is 13.9 Å². The maximum atomic E-state index is 15.2. The Bertz CT molecular complexity index is 1340. The van der Waals surface area contributed by atoms with E-state index in [-0.39, 0.29) is 24.7 Å². The predicted molar refractivity (Wildman–Crippen MR) is 130 cm³/mol. The van der Waals surface area contributed by atoms with E-state index in [1.807, 2.05) is 24.8 Å². The maximum absolute atomic E-state index is 15.2. The number of carbonyl (C=O) groups excluding carboxylic acids is 1. The van der Waals surface area contributed by atoms with Crippen LogP contribution in [0.2, 0.25) is 0 Å². The van der Waals surface area contributed by atoms with E-state index >= 15 is 4.39 Å². The van der Waals surface area contributed by atoms with Crippen molar-refractivity contribution in [3.63, 3.8) is 0 Å². The standard InChI is InChI=1S/C24H25FN6O2S/c1-12-7-13(2)29-24-19(12)20(27)22(34-24)23(32)30-14-8-15-17(25)9-18(31-5-3-28-4-6-31)16(10-26)21(15)33-11-14/h7,9,14,28H,3-6,8,11,27H2,1-2H3,(H,30,32)/t14-/m1/s1. The number of nitrogens with two attached hydrogens (primary N) is 1. The number of rotatable bonds is 3. The topological polar surface area (TPSA) is 116 Å². The van der Waals surface area contributed by atoms with Crippen molar-refractivity contribution in [2.75, 3.05) is 43.4 Å². The molecule has 1 amide bonds. The lowest BCUT2D eigenvalue weighted by atomic mass is 9.97. The molecule has 3 aromatic rings. The van der Waals surface area contributed by atoms with Gasteiger partial charge in [-0.3, -0.25) is 4.79 Å². The van der Waals surface area contributed by atoms with Gasteiger partial charge in [-0.2, -0.15) is 5.26 Å². The van der Waals surface area contributed by atoms with Crippen molar-refractivity contribution in [2.45, 2.75) is 26.3 Å². The number of anilines is 2. The van der Waals surface area contributed by atoms with Crippen LogP contribution in [0.15, 0.2) is 12.1 Å². The quantitative estimate of drug-likeness (QED) is 0.528. The lowest BCUT2D eigenvalue weighted by molar-refractivity contribution is 0.0919. The highest BCUT2D eigenvalue weighted by atomic mass is 32.1. The average Bonchev–Trinajstić information content (AvgIpc) is 3.16. The van der Waals surface area contributed by atoms with Crippen LogP contribution in [0.25, 0.3) is 10.2 Å². The van der Waals surface area contributed by atoms with E-state index in [0.29, 0.717) is 40.5 Å². The van der Waals surface area contributed by atoms with E-state index < -0.39 is 11.9 Å². The highest BCUT2D eigenvalue weighted by molar-refractivity contribution is 7.21. The first-order valence-electron chi connectivity index (χ1n) is 11.2. The Hall–Kier alpha value is -3.42. The molecule has 0 saturated carbocycles. The Morgan fingerprint density at radius 3 is 2.88 bits per heavy atom. The van der Waals surface area contributed by atoms with Crippen LogP contribution in [0.4, 0.5) is 15.8 Å². The number of hydrogen-bond acceptors (Lipinski definition) is 8. The van der Waals surface area contributed by atoms with Gasteiger partial charge in [-0.1, -0.05) is 0 Å². The fourth-order valence-electron chi connectivity index (χ4n) is 4.74. The van der Waals surface area contributed by atoms with Gasteiger partial charge in [-0.25, -0.2) is 9.37 Å². The summed E-state index contributed by atoms with van der Waals surface area (Å²) in [4.78, 5) is 20.7. The van der Waals surface area contributed by atoms with Gasteiger partial charge in [0.15, 0.2) is 0 Å². The number of pyridine rings is 1. The molecular formula is C24H25FN6O2S. The van der Waals surface area contributed by atoms with Gasteiger partial charge in [-0.05, 0) is 31.5 Å². The second-order valence-corrected chi connectivity index (χ2v) is 9.70. The summed E-state index contributed by atoms with van der Waals surface area (Å²) in [5.41, 5.74) is 9.73. The fourth-order valence-corrected chi connectivity index (χ4v) is 5.86. The minimum Gasteiger partial charge on any atom is -0.490 e. The van der Waals surface area contributed by atoms with Crippen LogP contribution in [-0.2, 0) is 6.42 Å². The Labute approximate surface area is 200 Å². The van der Waals surface area contributed by atoms with Gasteiger partial charge in [0.25, 0.3) is 5.91 Å². The minimum absolute atomic E-state index is 0.138. The zero-order valence-electron chi connectivity index (χ0n) is 19.0. The molecule has 2 aromatic heterocycles. The third-order valence-electron chi connectivity index (χ3n) is 6.32. The summed E-state index contributed by atoms with van der Waals surface area (Å²) in [5.74, 6) is -0.496. The van der Waals surface area contributed by atoms with Gasteiger partial charge in [-0.15, -0.1) is 11.3 Å². The molecule has 1 fully saturated rings. The average molecular weight is 481 g/mol. The van der Waals surface area contributed by atoms with Crippen molar-refractivity contribution in [3.05, 3.63) is 45.2 Å². The summed E-state index contributed by atoms with van der Waals surface area (Å²) in [6, 6.07) is 5.09. The molecule has 1 atom stereocenters. The summed E-state index contributed by atoms with van der Waals surface area (Å²) in [7, 11) is 0. The third kappa shape index (κ3) is 3.81. The highest BCUT2D eigenvalue weighted by Gasteiger charge is 2.31. The van der Waals surface area contributed by atoms with Crippen molar-refractivity contribution in [1.29, 1.82) is 5.26 Å². The lowest BCUT2D eigenvalue weighted by Gasteiger charge is -2.33. The van der Waals surface area contributed by atoms with Gasteiger partial charge < -0.3 is 26.0 Å². The molecule has 176 valence electrons. The Morgan fingerprint density at radius 2 is 2.15 bits per heavy atom. The van der Waals surface area contributed by atoms with Crippen LogP contribution >= 0.6 is 11.3 Å². The number of nitrogens with zero attached hydrogens (tertiary/aromatic N) is 3. The second kappa shape index (κ2) is 8.74. The molecule has 8 nitrogen and oxygen atoms in total. The molecule has 10 heteroatoms. The number of fused-ring (bicyclic) bond motifs is 2. The third-order valence-corrected chi connectivity index (χ3v) is 7.42. The number of nitriles is 1. The van der Waals surface area contributed by atoms with Gasteiger partial charge in [0.05, 0.1) is 17.4 Å². The smallest absolute Gasteiger partial charge is 0.263 e. The normalized spacial score (nSPS) is 17.7. The first-order chi connectivity index (χ1) is 16.4. The molecule has 34 heavy (non-hydrogen) atoms. The van der Waals surface area contributed by atoms with E-state index in [4.69, 9.17) is 10.5 Å². The summed E-state index contributed by atoms with van der Waals surface area (Å²) in [5, 5.41) is 16.8. The molecule has 0 radical (unpaired) electrons. The zero-order chi connectivity index (χ0) is 24.0. The van der Waals surface area contributed by atoms with E-state index in [1.54, 1.807) is 0 Å². The summed E-state index contributed by atoms with van der Waals surface area (Å²) < 4.78 is 21.0. The molecule has 0 bridgehead atoms. The van der Waals surface area contributed by atoms with Crippen LogP contribution in [0.5, 0.6) is 5.75 Å².